The first-order valence-electron chi connectivity index (χ1n) is 2.91. The molecule has 0 amide bonds. The van der Waals surface area contributed by atoms with Crippen molar-refractivity contribution < 1.29 is 0 Å². The first kappa shape index (κ1) is 8.56. The minimum atomic E-state index is 0.0807. The van der Waals surface area contributed by atoms with Crippen LogP contribution in [0.25, 0.3) is 0 Å². The van der Waals surface area contributed by atoms with E-state index in [2.05, 4.69) is 16.9 Å². The third kappa shape index (κ3) is 1.73. The molecule has 0 saturated heterocycles. The average molecular weight is 191 g/mol. The number of nitrogens with two attached hydrogens (primary N) is 1. The van der Waals surface area contributed by atoms with Crippen LogP contribution in [-0.4, -0.2) is 9.97 Å². The van der Waals surface area contributed by atoms with E-state index >= 15 is 0 Å². The van der Waals surface area contributed by atoms with Gasteiger partial charge in [-0.05, 0) is 13.3 Å². The van der Waals surface area contributed by atoms with Crippen molar-refractivity contribution in [2.24, 2.45) is 0 Å². The van der Waals surface area contributed by atoms with E-state index in [4.69, 9.17) is 28.9 Å². The van der Waals surface area contributed by atoms with Crippen LogP contribution in [0, 0.1) is 6.92 Å². The number of hydrogen-bond donors (Lipinski definition) is 1. The number of nitrogens with zero attached hydrogens (tertiary/aromatic N) is 2. The summed E-state index contributed by atoms with van der Waals surface area (Å²) in [5.41, 5.74) is 5.90. The van der Waals surface area contributed by atoms with Gasteiger partial charge in [-0.2, -0.15) is 0 Å². The van der Waals surface area contributed by atoms with Crippen molar-refractivity contribution in [3.05, 3.63) is 22.8 Å². The highest BCUT2D eigenvalue weighted by Gasteiger charge is 2.07. The maximum absolute atomic E-state index is 5.68. The van der Waals surface area contributed by atoms with Crippen molar-refractivity contribution in [1.29, 1.82) is 0 Å². The van der Waals surface area contributed by atoms with E-state index in [0.29, 0.717) is 12.0 Å². The Hall–Kier alpha value is -0.540. The second-order valence-corrected chi connectivity index (χ2v) is 2.61. The molecule has 1 rings (SSSR count). The monoisotopic (exact) mass is 190 g/mol. The summed E-state index contributed by atoms with van der Waals surface area (Å²) in [5.74, 6) is 0.0807. The fourth-order valence-corrected chi connectivity index (χ4v) is 1.24. The Balaban J connectivity index is 3.25. The zero-order valence-electron chi connectivity index (χ0n) is 5.64. The van der Waals surface area contributed by atoms with Gasteiger partial charge in [-0.1, -0.05) is 23.2 Å². The summed E-state index contributed by atoms with van der Waals surface area (Å²) in [6.45, 7) is 3.62. The number of rotatable bonds is 1. The molecule has 5 heteroatoms. The third-order valence-electron chi connectivity index (χ3n) is 1.17. The van der Waals surface area contributed by atoms with Gasteiger partial charge in [0.1, 0.15) is 10.3 Å². The maximum atomic E-state index is 5.68. The molecule has 11 heavy (non-hydrogen) atoms. The van der Waals surface area contributed by atoms with Gasteiger partial charge in [0.05, 0.1) is 0 Å². The molecule has 0 aliphatic carbocycles. The van der Waals surface area contributed by atoms with Gasteiger partial charge in [0.15, 0.2) is 0 Å². The highest BCUT2D eigenvalue weighted by Crippen LogP contribution is 2.21. The second kappa shape index (κ2) is 3.24. The molecule has 59 valence electrons. The molecule has 0 saturated carbocycles. The quantitative estimate of drug-likeness (QED) is 0.687. The largest absolute Gasteiger partial charge is 0.368 e. The van der Waals surface area contributed by atoms with Gasteiger partial charge >= 0.3 is 0 Å². The van der Waals surface area contributed by atoms with Gasteiger partial charge in [-0.3, -0.25) is 0 Å². The van der Waals surface area contributed by atoms with Crippen molar-refractivity contribution in [3.8, 4) is 0 Å². The number of nitrogen functional groups attached to an aromatic ring is 1. The predicted molar refractivity (Wildman–Crippen MR) is 45.5 cm³/mol. The van der Waals surface area contributed by atoms with E-state index in [9.17, 15) is 0 Å². The summed E-state index contributed by atoms with van der Waals surface area (Å²) >= 11 is 11.4. The van der Waals surface area contributed by atoms with Gasteiger partial charge in [0.25, 0.3) is 0 Å². The molecule has 1 aromatic heterocycles. The topological polar surface area (TPSA) is 51.8 Å². The molecule has 0 aromatic carbocycles. The van der Waals surface area contributed by atoms with Crippen LogP contribution in [0.1, 0.15) is 5.56 Å². The van der Waals surface area contributed by atoms with E-state index in [1.54, 1.807) is 0 Å². The third-order valence-corrected chi connectivity index (χ3v) is 1.80. The average Bonchev–Trinajstić information content (AvgIpc) is 1.85. The Bertz CT molecular complexity index is 252. The van der Waals surface area contributed by atoms with Crippen LogP contribution in [0.15, 0.2) is 0 Å². The number of anilines is 1. The number of hydrogen-bond acceptors (Lipinski definition) is 3. The zero-order chi connectivity index (χ0) is 8.43. The molecule has 0 fully saturated rings. The summed E-state index contributed by atoms with van der Waals surface area (Å²) < 4.78 is 0. The smallest absolute Gasteiger partial charge is 0.222 e. The molecule has 3 nitrogen and oxygen atoms in total. The molecular formula is C6H6Cl2N3. The Morgan fingerprint density at radius 1 is 1.27 bits per heavy atom. The van der Waals surface area contributed by atoms with Crippen LogP contribution in [0.4, 0.5) is 5.95 Å². The Labute approximate surface area is 74.5 Å². The molecule has 0 atom stereocenters. The zero-order valence-corrected chi connectivity index (χ0v) is 7.15. The summed E-state index contributed by atoms with van der Waals surface area (Å²) in [6, 6.07) is 0. The fourth-order valence-electron chi connectivity index (χ4n) is 0.653. The van der Waals surface area contributed by atoms with Crippen LogP contribution in [0.3, 0.4) is 0 Å². The van der Waals surface area contributed by atoms with Crippen LogP contribution >= 0.6 is 23.2 Å². The van der Waals surface area contributed by atoms with Crippen molar-refractivity contribution in [2.45, 2.75) is 6.42 Å². The summed E-state index contributed by atoms with van der Waals surface area (Å²) in [6.07, 6.45) is 0.456. The fraction of sp³-hybridized carbons (Fsp3) is 0.167. The molecular weight excluding hydrogens is 185 g/mol. The number of aromatic nitrogens is 2. The molecule has 1 heterocycles. The minimum absolute atomic E-state index is 0.0807. The number of halogens is 2. The minimum Gasteiger partial charge on any atom is -0.368 e. The van der Waals surface area contributed by atoms with Crippen LogP contribution in [-0.2, 0) is 6.42 Å². The summed E-state index contributed by atoms with van der Waals surface area (Å²) in [7, 11) is 0. The Morgan fingerprint density at radius 2 is 1.73 bits per heavy atom. The van der Waals surface area contributed by atoms with Crippen molar-refractivity contribution in [2.75, 3.05) is 5.73 Å². The molecule has 0 bridgehead atoms. The second-order valence-electron chi connectivity index (χ2n) is 1.89. The SMILES string of the molecule is [CH2]Cc1c(Cl)nc(N)nc1Cl. The van der Waals surface area contributed by atoms with Gasteiger partial charge < -0.3 is 5.73 Å². The van der Waals surface area contributed by atoms with Crippen LogP contribution in [0.5, 0.6) is 0 Å². The summed E-state index contributed by atoms with van der Waals surface area (Å²) in [5, 5.41) is 0.551. The Morgan fingerprint density at radius 3 is 2.09 bits per heavy atom. The van der Waals surface area contributed by atoms with Crippen molar-refractivity contribution in [3.63, 3.8) is 0 Å². The summed E-state index contributed by atoms with van der Waals surface area (Å²) in [4.78, 5) is 7.43. The Kier molecular flexibility index (Phi) is 2.52. The van der Waals surface area contributed by atoms with Gasteiger partial charge in [0, 0.05) is 5.56 Å². The normalized spacial score (nSPS) is 10.1. The van der Waals surface area contributed by atoms with E-state index in [0.717, 1.165) is 0 Å². The van der Waals surface area contributed by atoms with E-state index in [1.165, 1.54) is 0 Å². The van der Waals surface area contributed by atoms with Crippen molar-refractivity contribution in [1.82, 2.24) is 9.97 Å². The lowest BCUT2D eigenvalue weighted by Crippen LogP contribution is -1.99. The highest BCUT2D eigenvalue weighted by atomic mass is 35.5. The molecule has 0 spiro atoms. The first-order valence-corrected chi connectivity index (χ1v) is 3.67. The molecule has 0 aliphatic heterocycles. The van der Waals surface area contributed by atoms with Gasteiger partial charge in [0.2, 0.25) is 5.95 Å². The molecule has 0 unspecified atom stereocenters. The van der Waals surface area contributed by atoms with Gasteiger partial charge in [-0.25, -0.2) is 9.97 Å². The maximum Gasteiger partial charge on any atom is 0.222 e. The molecule has 0 aliphatic rings. The highest BCUT2D eigenvalue weighted by molar-refractivity contribution is 6.34. The van der Waals surface area contributed by atoms with Gasteiger partial charge in [-0.15, -0.1) is 0 Å². The lowest BCUT2D eigenvalue weighted by atomic mass is 10.3. The molecule has 2 N–H and O–H groups in total. The van der Waals surface area contributed by atoms with Crippen LogP contribution < -0.4 is 5.73 Å². The lowest BCUT2D eigenvalue weighted by Gasteiger charge is -2.01. The molecule has 1 radical (unpaired) electrons. The van der Waals surface area contributed by atoms with Crippen molar-refractivity contribution >= 4 is 29.2 Å². The standard InChI is InChI=1S/C6H6Cl2N3/c1-2-3-4(7)10-6(9)11-5(3)8/h1-2H2,(H2,9,10,11). The molecule has 1 aromatic rings. The van der Waals surface area contributed by atoms with E-state index < -0.39 is 0 Å². The van der Waals surface area contributed by atoms with E-state index in [-0.39, 0.29) is 16.3 Å². The predicted octanol–water partition coefficient (Wildman–Crippen LogP) is 1.74. The van der Waals surface area contributed by atoms with Crippen LogP contribution in [0.2, 0.25) is 10.3 Å². The lowest BCUT2D eigenvalue weighted by molar-refractivity contribution is 1.10. The van der Waals surface area contributed by atoms with E-state index in [1.807, 2.05) is 0 Å². The first-order chi connectivity index (χ1) is 5.15.